The quantitative estimate of drug-likeness (QED) is 0.282. The van der Waals surface area contributed by atoms with Gasteiger partial charge in [-0.25, -0.2) is 0 Å². The molecule has 0 aliphatic rings. The topological polar surface area (TPSA) is 57.5 Å². The Hall–Kier alpha value is -2.29. The lowest BCUT2D eigenvalue weighted by atomic mass is 10.2. The van der Waals surface area contributed by atoms with E-state index in [2.05, 4.69) is 48.6 Å². The third-order valence-electron chi connectivity index (χ3n) is 3.30. The van der Waals surface area contributed by atoms with E-state index < -0.39 is 5.97 Å². The molecule has 0 unspecified atom stereocenters. The van der Waals surface area contributed by atoms with Gasteiger partial charge in [0.15, 0.2) is 0 Å². The summed E-state index contributed by atoms with van der Waals surface area (Å²) in [5, 5.41) is 17.8. The SMILES string of the molecule is CC/C(O)=C/C/C=C\C/C=C\C/C=C\C/C=C\C/C=C\CCC(=O)O. The van der Waals surface area contributed by atoms with Crippen molar-refractivity contribution >= 4 is 5.97 Å². The van der Waals surface area contributed by atoms with Crippen LogP contribution in [0, 0.1) is 0 Å². The van der Waals surface area contributed by atoms with Crippen molar-refractivity contribution in [3.05, 3.63) is 72.6 Å². The number of rotatable bonds is 14. The van der Waals surface area contributed by atoms with Crippen molar-refractivity contribution in [2.45, 2.75) is 58.3 Å². The first-order valence-electron chi connectivity index (χ1n) is 9.01. The molecule has 3 nitrogen and oxygen atoms in total. The van der Waals surface area contributed by atoms with Crippen LogP contribution >= 0.6 is 0 Å². The van der Waals surface area contributed by atoms with Gasteiger partial charge in [-0.15, -0.1) is 0 Å². The smallest absolute Gasteiger partial charge is 0.303 e. The zero-order chi connectivity index (χ0) is 18.6. The van der Waals surface area contributed by atoms with Gasteiger partial charge in [0.05, 0.1) is 5.76 Å². The molecule has 0 atom stereocenters. The van der Waals surface area contributed by atoms with E-state index in [-0.39, 0.29) is 6.42 Å². The van der Waals surface area contributed by atoms with E-state index >= 15 is 0 Å². The van der Waals surface area contributed by atoms with E-state index in [1.54, 1.807) is 0 Å². The average Bonchev–Trinajstić information content (AvgIpc) is 2.60. The molecule has 0 bridgehead atoms. The van der Waals surface area contributed by atoms with Crippen LogP contribution in [-0.4, -0.2) is 16.2 Å². The summed E-state index contributed by atoms with van der Waals surface area (Å²) in [6, 6.07) is 0. The fourth-order valence-electron chi connectivity index (χ4n) is 1.85. The van der Waals surface area contributed by atoms with E-state index in [9.17, 15) is 9.90 Å². The third-order valence-corrected chi connectivity index (χ3v) is 3.30. The van der Waals surface area contributed by atoms with Crippen LogP contribution in [0.15, 0.2) is 72.6 Å². The summed E-state index contributed by atoms with van der Waals surface area (Å²) in [4.78, 5) is 10.3. The molecule has 138 valence electrons. The van der Waals surface area contributed by atoms with Crippen molar-refractivity contribution in [3.63, 3.8) is 0 Å². The molecule has 2 N–H and O–H groups in total. The summed E-state index contributed by atoms with van der Waals surface area (Å²) >= 11 is 0. The van der Waals surface area contributed by atoms with Gasteiger partial charge in [-0.2, -0.15) is 0 Å². The van der Waals surface area contributed by atoms with E-state index in [4.69, 9.17) is 5.11 Å². The van der Waals surface area contributed by atoms with E-state index in [1.165, 1.54) is 0 Å². The normalized spacial score (nSPS) is 13.4. The van der Waals surface area contributed by atoms with Crippen molar-refractivity contribution in [1.82, 2.24) is 0 Å². The first-order valence-corrected chi connectivity index (χ1v) is 9.01. The lowest BCUT2D eigenvalue weighted by molar-refractivity contribution is -0.136. The molecule has 0 aliphatic heterocycles. The summed E-state index contributed by atoms with van der Waals surface area (Å²) in [7, 11) is 0. The molecule has 0 amide bonds. The Kier molecular flexibility index (Phi) is 16.4. The average molecular weight is 344 g/mol. The predicted octanol–water partition coefficient (Wildman–Crippen LogP) is 6.43. The Morgan fingerprint density at radius 1 is 0.680 bits per heavy atom. The van der Waals surface area contributed by atoms with Gasteiger partial charge in [0.1, 0.15) is 0 Å². The maximum Gasteiger partial charge on any atom is 0.303 e. The molecule has 0 rings (SSSR count). The molecule has 0 aromatic heterocycles. The highest BCUT2D eigenvalue weighted by Gasteiger charge is 1.90. The molecular weight excluding hydrogens is 312 g/mol. The minimum Gasteiger partial charge on any atom is -0.513 e. The van der Waals surface area contributed by atoms with Crippen LogP contribution in [0.3, 0.4) is 0 Å². The second-order valence-corrected chi connectivity index (χ2v) is 5.52. The van der Waals surface area contributed by atoms with Gasteiger partial charge in [0, 0.05) is 12.8 Å². The van der Waals surface area contributed by atoms with Gasteiger partial charge < -0.3 is 10.2 Å². The highest BCUT2D eigenvalue weighted by molar-refractivity contribution is 5.66. The van der Waals surface area contributed by atoms with Crippen molar-refractivity contribution in [2.75, 3.05) is 0 Å². The second kappa shape index (κ2) is 18.1. The molecule has 0 heterocycles. The molecule has 0 saturated heterocycles. The summed E-state index contributed by atoms with van der Waals surface area (Å²) < 4.78 is 0. The van der Waals surface area contributed by atoms with Gasteiger partial charge in [0.2, 0.25) is 0 Å². The van der Waals surface area contributed by atoms with Crippen LogP contribution < -0.4 is 0 Å². The molecule has 0 saturated carbocycles. The molecular formula is C22H32O3. The highest BCUT2D eigenvalue weighted by atomic mass is 16.4. The summed E-state index contributed by atoms with van der Waals surface area (Å²) in [6.45, 7) is 1.93. The van der Waals surface area contributed by atoms with Gasteiger partial charge in [-0.1, -0.05) is 67.7 Å². The lowest BCUT2D eigenvalue weighted by Gasteiger charge is -1.90. The number of aliphatic carboxylic acids is 1. The third kappa shape index (κ3) is 19.7. The maximum atomic E-state index is 10.3. The molecule has 0 spiro atoms. The van der Waals surface area contributed by atoms with Crippen LogP contribution in [0.1, 0.15) is 58.3 Å². The summed E-state index contributed by atoms with van der Waals surface area (Å²) in [5.74, 6) is -0.298. The monoisotopic (exact) mass is 344 g/mol. The Morgan fingerprint density at radius 2 is 1.08 bits per heavy atom. The van der Waals surface area contributed by atoms with E-state index in [1.807, 2.05) is 25.2 Å². The first-order chi connectivity index (χ1) is 12.2. The molecule has 3 heteroatoms. The summed E-state index contributed by atoms with van der Waals surface area (Å²) in [5.41, 5.74) is 0. The first kappa shape index (κ1) is 22.7. The molecule has 25 heavy (non-hydrogen) atoms. The Balaban J connectivity index is 3.57. The van der Waals surface area contributed by atoms with Gasteiger partial charge in [0.25, 0.3) is 0 Å². The van der Waals surface area contributed by atoms with Crippen molar-refractivity contribution < 1.29 is 15.0 Å². The number of hydrogen-bond donors (Lipinski definition) is 2. The van der Waals surface area contributed by atoms with Crippen LogP contribution in [0.25, 0.3) is 0 Å². The number of allylic oxidation sites excluding steroid dienone is 12. The van der Waals surface area contributed by atoms with Gasteiger partial charge >= 0.3 is 5.97 Å². The minimum atomic E-state index is -0.750. The Morgan fingerprint density at radius 3 is 1.48 bits per heavy atom. The van der Waals surface area contributed by atoms with Crippen molar-refractivity contribution in [2.24, 2.45) is 0 Å². The van der Waals surface area contributed by atoms with Crippen LogP contribution in [0.2, 0.25) is 0 Å². The van der Waals surface area contributed by atoms with Gasteiger partial charge in [-0.3, -0.25) is 4.79 Å². The van der Waals surface area contributed by atoms with Crippen molar-refractivity contribution in [3.8, 4) is 0 Å². The number of carboxylic acid groups (broad SMARTS) is 1. The van der Waals surface area contributed by atoms with Crippen LogP contribution in [0.4, 0.5) is 0 Å². The van der Waals surface area contributed by atoms with Crippen molar-refractivity contribution in [1.29, 1.82) is 0 Å². The Labute approximate surface area is 152 Å². The fraction of sp³-hybridized carbons (Fsp3) is 0.409. The number of aliphatic hydroxyl groups is 1. The molecule has 0 aliphatic carbocycles. The largest absolute Gasteiger partial charge is 0.513 e. The number of aliphatic hydroxyl groups excluding tert-OH is 1. The van der Waals surface area contributed by atoms with Gasteiger partial charge in [-0.05, 0) is 44.6 Å². The van der Waals surface area contributed by atoms with E-state index in [0.29, 0.717) is 18.6 Å². The molecule has 0 aromatic carbocycles. The zero-order valence-electron chi connectivity index (χ0n) is 15.3. The molecule has 0 fully saturated rings. The minimum absolute atomic E-state index is 0.200. The Bertz CT molecular complexity index is 505. The standard InChI is InChI=1S/C22H32O3/c1-2-21(23)19-17-15-13-11-9-7-5-3-4-6-8-10-12-14-16-18-20-22(24)25/h3-4,7-10,13-16,19,23H,2,5-6,11-12,17-18,20H2,1H3,(H,24,25)/b4-3-,9-7-,10-8-,15-13-,16-14-,21-19-. The van der Waals surface area contributed by atoms with Crippen LogP contribution in [-0.2, 0) is 4.79 Å². The van der Waals surface area contributed by atoms with Crippen LogP contribution in [0.5, 0.6) is 0 Å². The summed E-state index contributed by atoms with van der Waals surface area (Å²) in [6.07, 6.45) is 28.6. The molecule has 0 radical (unpaired) electrons. The number of hydrogen-bond acceptors (Lipinski definition) is 2. The zero-order valence-corrected chi connectivity index (χ0v) is 15.3. The number of carbonyl (C=O) groups is 1. The second-order valence-electron chi connectivity index (χ2n) is 5.52. The highest BCUT2D eigenvalue weighted by Crippen LogP contribution is 1.99. The maximum absolute atomic E-state index is 10.3. The number of carboxylic acids is 1. The molecule has 0 aromatic rings. The predicted molar refractivity (Wildman–Crippen MR) is 107 cm³/mol. The fourth-order valence-corrected chi connectivity index (χ4v) is 1.85. The van der Waals surface area contributed by atoms with E-state index in [0.717, 1.165) is 32.1 Å². The lowest BCUT2D eigenvalue weighted by Crippen LogP contribution is -1.91.